The molecule has 0 fully saturated rings. The van der Waals surface area contributed by atoms with Gasteiger partial charge in [-0.3, -0.25) is 14.2 Å². The number of carbonyl (C=O) groups is 1. The Labute approximate surface area is 122 Å². The lowest BCUT2D eigenvalue weighted by Gasteiger charge is -2.30. The van der Waals surface area contributed by atoms with E-state index in [1.54, 1.807) is 11.9 Å². The van der Waals surface area contributed by atoms with Gasteiger partial charge in [-0.25, -0.2) is 9.67 Å². The predicted molar refractivity (Wildman–Crippen MR) is 77.7 cm³/mol. The van der Waals surface area contributed by atoms with Gasteiger partial charge in [0, 0.05) is 19.1 Å². The molecule has 2 aromatic rings. The second kappa shape index (κ2) is 5.63. The highest BCUT2D eigenvalue weighted by molar-refractivity contribution is 5.77. The SMILES string of the molecule is CC(C)N(C(=O)Cn1cnc2c(nnn2C)c1=O)C(C)C. The second-order valence-corrected chi connectivity index (χ2v) is 5.55. The van der Waals surface area contributed by atoms with Crippen LogP contribution in [0, 0.1) is 0 Å². The molecule has 114 valence electrons. The van der Waals surface area contributed by atoms with Gasteiger partial charge in [0.15, 0.2) is 11.2 Å². The molecule has 0 N–H and O–H groups in total. The van der Waals surface area contributed by atoms with Crippen molar-refractivity contribution in [2.75, 3.05) is 0 Å². The largest absolute Gasteiger partial charge is 0.336 e. The molecule has 0 spiro atoms. The van der Waals surface area contributed by atoms with Crippen molar-refractivity contribution >= 4 is 17.1 Å². The van der Waals surface area contributed by atoms with Crippen molar-refractivity contribution in [1.29, 1.82) is 0 Å². The summed E-state index contributed by atoms with van der Waals surface area (Å²) in [5.41, 5.74) is 0.232. The van der Waals surface area contributed by atoms with Crippen LogP contribution in [-0.4, -0.2) is 47.4 Å². The first-order chi connectivity index (χ1) is 9.82. The van der Waals surface area contributed by atoms with Gasteiger partial charge in [0.05, 0.1) is 0 Å². The zero-order valence-electron chi connectivity index (χ0n) is 12.9. The fraction of sp³-hybridized carbons (Fsp3) is 0.615. The number of aryl methyl sites for hydroxylation is 1. The molecular weight excluding hydrogens is 272 g/mol. The quantitative estimate of drug-likeness (QED) is 0.802. The molecule has 8 heteroatoms. The van der Waals surface area contributed by atoms with Crippen LogP contribution in [0.2, 0.25) is 0 Å². The fourth-order valence-electron chi connectivity index (χ4n) is 2.46. The number of hydrogen-bond donors (Lipinski definition) is 0. The van der Waals surface area contributed by atoms with E-state index in [4.69, 9.17) is 0 Å². The summed E-state index contributed by atoms with van der Waals surface area (Å²) in [6, 6.07) is 0.141. The molecule has 2 heterocycles. The van der Waals surface area contributed by atoms with Gasteiger partial charge in [0.1, 0.15) is 12.9 Å². The van der Waals surface area contributed by atoms with Crippen molar-refractivity contribution in [1.82, 2.24) is 29.4 Å². The molecule has 2 rings (SSSR count). The molecule has 8 nitrogen and oxygen atoms in total. The first-order valence-corrected chi connectivity index (χ1v) is 6.89. The van der Waals surface area contributed by atoms with Crippen LogP contribution in [0.4, 0.5) is 0 Å². The lowest BCUT2D eigenvalue weighted by Crippen LogP contribution is -2.44. The van der Waals surface area contributed by atoms with Crippen LogP contribution >= 0.6 is 0 Å². The maximum atomic E-state index is 12.4. The van der Waals surface area contributed by atoms with E-state index in [0.29, 0.717) is 5.65 Å². The van der Waals surface area contributed by atoms with Gasteiger partial charge >= 0.3 is 0 Å². The summed E-state index contributed by atoms with van der Waals surface area (Å²) in [5, 5.41) is 7.56. The maximum absolute atomic E-state index is 12.4. The molecule has 21 heavy (non-hydrogen) atoms. The van der Waals surface area contributed by atoms with Crippen LogP contribution in [0.1, 0.15) is 27.7 Å². The molecule has 1 amide bonds. The van der Waals surface area contributed by atoms with E-state index in [1.165, 1.54) is 15.6 Å². The topological polar surface area (TPSA) is 85.9 Å². The van der Waals surface area contributed by atoms with Crippen molar-refractivity contribution in [2.24, 2.45) is 7.05 Å². The molecular formula is C13H20N6O2. The van der Waals surface area contributed by atoms with E-state index in [-0.39, 0.29) is 35.6 Å². The van der Waals surface area contributed by atoms with Crippen LogP contribution in [-0.2, 0) is 18.4 Å². The van der Waals surface area contributed by atoms with E-state index in [2.05, 4.69) is 15.3 Å². The number of carbonyl (C=O) groups excluding carboxylic acids is 1. The first-order valence-electron chi connectivity index (χ1n) is 6.89. The normalized spacial score (nSPS) is 11.6. The average molecular weight is 292 g/mol. The summed E-state index contributed by atoms with van der Waals surface area (Å²) >= 11 is 0. The number of fused-ring (bicyclic) bond motifs is 1. The Morgan fingerprint density at radius 2 is 1.90 bits per heavy atom. The van der Waals surface area contributed by atoms with Gasteiger partial charge in [-0.05, 0) is 27.7 Å². The summed E-state index contributed by atoms with van der Waals surface area (Å²) < 4.78 is 2.70. The third kappa shape index (κ3) is 2.79. The lowest BCUT2D eigenvalue weighted by atomic mass is 10.2. The summed E-state index contributed by atoms with van der Waals surface area (Å²) in [6.07, 6.45) is 1.37. The molecule has 0 radical (unpaired) electrons. The molecule has 0 atom stereocenters. The molecule has 0 unspecified atom stereocenters. The van der Waals surface area contributed by atoms with Gasteiger partial charge in [-0.15, -0.1) is 5.10 Å². The number of hydrogen-bond acceptors (Lipinski definition) is 5. The monoisotopic (exact) mass is 292 g/mol. The van der Waals surface area contributed by atoms with Crippen LogP contribution in [0.15, 0.2) is 11.1 Å². The van der Waals surface area contributed by atoms with Crippen molar-refractivity contribution in [3.05, 3.63) is 16.7 Å². The summed E-state index contributed by atoms with van der Waals surface area (Å²) in [7, 11) is 1.66. The number of nitrogens with zero attached hydrogens (tertiary/aromatic N) is 6. The van der Waals surface area contributed by atoms with Gasteiger partial charge < -0.3 is 4.90 Å². The third-order valence-corrected chi connectivity index (χ3v) is 3.29. The first kappa shape index (κ1) is 15.1. The highest BCUT2D eigenvalue weighted by Crippen LogP contribution is 2.07. The van der Waals surface area contributed by atoms with Gasteiger partial charge in [-0.2, -0.15) is 0 Å². The highest BCUT2D eigenvalue weighted by atomic mass is 16.2. The minimum atomic E-state index is -0.353. The molecule has 2 aromatic heterocycles. The fourth-order valence-corrected chi connectivity index (χ4v) is 2.46. The molecule has 0 saturated heterocycles. The van der Waals surface area contributed by atoms with Crippen LogP contribution < -0.4 is 5.56 Å². The number of rotatable bonds is 4. The van der Waals surface area contributed by atoms with E-state index >= 15 is 0 Å². The van der Waals surface area contributed by atoms with Crippen molar-refractivity contribution in [2.45, 2.75) is 46.3 Å². The van der Waals surface area contributed by atoms with E-state index < -0.39 is 0 Å². The Morgan fingerprint density at radius 1 is 1.29 bits per heavy atom. The van der Waals surface area contributed by atoms with Crippen LogP contribution in [0.3, 0.4) is 0 Å². The smallest absolute Gasteiger partial charge is 0.283 e. The Morgan fingerprint density at radius 3 is 2.48 bits per heavy atom. The third-order valence-electron chi connectivity index (χ3n) is 3.29. The van der Waals surface area contributed by atoms with Crippen molar-refractivity contribution < 1.29 is 4.79 Å². The zero-order chi connectivity index (χ0) is 15.7. The minimum Gasteiger partial charge on any atom is -0.336 e. The number of amides is 1. The Bertz CT molecular complexity index is 707. The maximum Gasteiger partial charge on any atom is 0.283 e. The average Bonchev–Trinajstić information content (AvgIpc) is 2.74. The Kier molecular flexibility index (Phi) is 4.06. The van der Waals surface area contributed by atoms with E-state index in [1.807, 2.05) is 27.7 Å². The summed E-state index contributed by atoms with van der Waals surface area (Å²) in [4.78, 5) is 30.5. The van der Waals surface area contributed by atoms with Gasteiger partial charge in [0.25, 0.3) is 5.56 Å². The molecule has 0 aliphatic carbocycles. The zero-order valence-corrected chi connectivity index (χ0v) is 12.9. The standard InChI is InChI=1S/C13H20N6O2/c1-8(2)19(9(3)4)10(20)6-18-7-14-12-11(13(18)21)15-16-17(12)5/h7-9H,6H2,1-5H3. The van der Waals surface area contributed by atoms with Crippen molar-refractivity contribution in [3.63, 3.8) is 0 Å². The molecule has 0 bridgehead atoms. The Balaban J connectivity index is 2.33. The van der Waals surface area contributed by atoms with E-state index in [0.717, 1.165) is 0 Å². The molecule has 0 aromatic carbocycles. The summed E-state index contributed by atoms with van der Waals surface area (Å²) in [5.74, 6) is -0.118. The van der Waals surface area contributed by atoms with Crippen molar-refractivity contribution in [3.8, 4) is 0 Å². The van der Waals surface area contributed by atoms with Gasteiger partial charge in [0.2, 0.25) is 5.91 Å². The summed E-state index contributed by atoms with van der Waals surface area (Å²) in [6.45, 7) is 7.75. The van der Waals surface area contributed by atoms with Crippen LogP contribution in [0.5, 0.6) is 0 Å². The lowest BCUT2D eigenvalue weighted by molar-refractivity contribution is -0.135. The van der Waals surface area contributed by atoms with Gasteiger partial charge in [-0.1, -0.05) is 5.21 Å². The van der Waals surface area contributed by atoms with Crippen LogP contribution in [0.25, 0.3) is 11.2 Å². The predicted octanol–water partition coefficient (Wildman–Crippen LogP) is 0.170. The Hall–Kier alpha value is -2.25. The molecule has 0 saturated carbocycles. The minimum absolute atomic E-state index is 0.0469. The highest BCUT2D eigenvalue weighted by Gasteiger charge is 2.21. The number of aromatic nitrogens is 5. The molecule has 0 aliphatic rings. The second-order valence-electron chi connectivity index (χ2n) is 5.55. The van der Waals surface area contributed by atoms with E-state index in [9.17, 15) is 9.59 Å². The molecule has 0 aliphatic heterocycles.